The average molecular weight is 338 g/mol. The van der Waals surface area contributed by atoms with Gasteiger partial charge in [0.15, 0.2) is 0 Å². The molecule has 0 atom stereocenters. The van der Waals surface area contributed by atoms with Crippen LogP contribution < -0.4 is 0 Å². The summed E-state index contributed by atoms with van der Waals surface area (Å²) in [6.07, 6.45) is 0. The summed E-state index contributed by atoms with van der Waals surface area (Å²) < 4.78 is 10.5. The summed E-state index contributed by atoms with van der Waals surface area (Å²) in [6.45, 7) is 2.07. The van der Waals surface area contributed by atoms with Crippen molar-refractivity contribution in [2.45, 2.75) is 20.8 Å². The molecule has 8 heteroatoms. The van der Waals surface area contributed by atoms with Crippen molar-refractivity contribution in [2.24, 2.45) is 16.2 Å². The molecule has 0 heterocycles. The van der Waals surface area contributed by atoms with Gasteiger partial charge in [0.1, 0.15) is 6.61 Å². The van der Waals surface area contributed by atoms with E-state index in [1.807, 2.05) is 0 Å². The van der Waals surface area contributed by atoms with Gasteiger partial charge in [-0.3, -0.25) is 4.79 Å². The third-order valence-corrected chi connectivity index (χ3v) is 3.62. The normalized spacial score (nSPS) is 13.2. The van der Waals surface area contributed by atoms with Crippen molar-refractivity contribution in [3.8, 4) is 0 Å². The van der Waals surface area contributed by atoms with Crippen LogP contribution >= 0.6 is 0 Å². The molecule has 0 unspecified atom stereocenters. The zero-order valence-electron chi connectivity index (χ0n) is 14.1. The Kier molecular flexibility index (Phi) is 9.19. The summed E-state index contributed by atoms with van der Waals surface area (Å²) in [5.74, 6) is -0.473. The molecule has 23 heavy (non-hydrogen) atoms. The van der Waals surface area contributed by atoms with Crippen LogP contribution in [-0.4, -0.2) is 84.4 Å². The summed E-state index contributed by atoms with van der Waals surface area (Å²) in [4.78, 5) is 11.8. The number of carbonyl (C=O) groups excluding carboxylic acids is 1. The van der Waals surface area contributed by atoms with Crippen molar-refractivity contribution < 1.29 is 39.8 Å². The fraction of sp³-hybridized carbons (Fsp3) is 0.933. The molecule has 0 aromatic carbocycles. The standard InChI is InChI=1S/C15H30O8/c1-13(2,3)12(21)23-11-15(7-19,8-20)10-22-9-14(4-16,5-17)6-18/h16-20H,4-11H2,1-3H3. The van der Waals surface area contributed by atoms with E-state index in [9.17, 15) is 30.3 Å². The van der Waals surface area contributed by atoms with Crippen molar-refractivity contribution in [3.05, 3.63) is 0 Å². The summed E-state index contributed by atoms with van der Waals surface area (Å²) in [5, 5.41) is 46.7. The van der Waals surface area contributed by atoms with Gasteiger partial charge < -0.3 is 35.0 Å². The molecule has 0 aromatic heterocycles. The molecule has 0 bridgehead atoms. The molecule has 8 nitrogen and oxygen atoms in total. The van der Waals surface area contributed by atoms with Gasteiger partial charge in [0, 0.05) is 0 Å². The van der Waals surface area contributed by atoms with Gasteiger partial charge in [-0.2, -0.15) is 0 Å². The summed E-state index contributed by atoms with van der Waals surface area (Å²) in [7, 11) is 0. The minimum atomic E-state index is -1.21. The Morgan fingerprint density at radius 2 is 1.13 bits per heavy atom. The van der Waals surface area contributed by atoms with Crippen LogP contribution in [0, 0.1) is 16.2 Å². The lowest BCUT2D eigenvalue weighted by Gasteiger charge is -2.33. The number of esters is 1. The Labute approximate surface area is 136 Å². The lowest BCUT2D eigenvalue weighted by atomic mass is 9.90. The van der Waals surface area contributed by atoms with Gasteiger partial charge in [0.25, 0.3) is 0 Å². The summed E-state index contributed by atoms with van der Waals surface area (Å²) in [5.41, 5.74) is -3.12. The molecule has 0 fully saturated rings. The number of aliphatic hydroxyl groups is 5. The summed E-state index contributed by atoms with van der Waals surface area (Å²) >= 11 is 0. The predicted octanol–water partition coefficient (Wildman–Crippen LogP) is -1.47. The zero-order valence-corrected chi connectivity index (χ0v) is 14.1. The van der Waals surface area contributed by atoms with Gasteiger partial charge in [0.2, 0.25) is 0 Å². The first-order valence-electron chi connectivity index (χ1n) is 7.43. The predicted molar refractivity (Wildman–Crippen MR) is 81.5 cm³/mol. The maximum Gasteiger partial charge on any atom is 0.311 e. The van der Waals surface area contributed by atoms with E-state index < -0.39 is 55.2 Å². The van der Waals surface area contributed by atoms with Gasteiger partial charge in [-0.25, -0.2) is 0 Å². The van der Waals surface area contributed by atoms with Gasteiger partial charge in [-0.1, -0.05) is 0 Å². The number of rotatable bonds is 11. The molecule has 0 aliphatic heterocycles. The van der Waals surface area contributed by atoms with E-state index in [2.05, 4.69) is 0 Å². The molecule has 0 spiro atoms. The number of ether oxygens (including phenoxy) is 2. The van der Waals surface area contributed by atoms with E-state index in [-0.39, 0.29) is 19.8 Å². The highest BCUT2D eigenvalue weighted by Gasteiger charge is 2.35. The van der Waals surface area contributed by atoms with Crippen LogP contribution in [0.5, 0.6) is 0 Å². The van der Waals surface area contributed by atoms with Crippen LogP contribution in [0.4, 0.5) is 0 Å². The second-order valence-corrected chi connectivity index (χ2v) is 7.11. The first-order chi connectivity index (χ1) is 10.6. The quantitative estimate of drug-likeness (QED) is 0.288. The van der Waals surface area contributed by atoms with Crippen LogP contribution in [0.3, 0.4) is 0 Å². The second kappa shape index (κ2) is 9.51. The van der Waals surface area contributed by atoms with Crippen molar-refractivity contribution in [2.75, 3.05) is 52.9 Å². The molecule has 0 aliphatic carbocycles. The van der Waals surface area contributed by atoms with E-state index in [0.29, 0.717) is 0 Å². The molecule has 0 amide bonds. The largest absolute Gasteiger partial charge is 0.464 e. The number of hydrogen-bond acceptors (Lipinski definition) is 8. The minimum absolute atomic E-state index is 0.167. The average Bonchev–Trinajstić information content (AvgIpc) is 2.54. The Morgan fingerprint density at radius 3 is 1.48 bits per heavy atom. The van der Waals surface area contributed by atoms with Crippen molar-refractivity contribution in [1.82, 2.24) is 0 Å². The lowest BCUT2D eigenvalue weighted by molar-refractivity contribution is -0.163. The van der Waals surface area contributed by atoms with Gasteiger partial charge >= 0.3 is 5.97 Å². The number of aliphatic hydroxyl groups excluding tert-OH is 5. The van der Waals surface area contributed by atoms with E-state index >= 15 is 0 Å². The van der Waals surface area contributed by atoms with Crippen LogP contribution in [-0.2, 0) is 14.3 Å². The molecule has 0 aliphatic rings. The van der Waals surface area contributed by atoms with Crippen LogP contribution in [0.1, 0.15) is 20.8 Å². The van der Waals surface area contributed by atoms with Gasteiger partial charge in [-0.15, -0.1) is 0 Å². The van der Waals surface area contributed by atoms with Gasteiger partial charge in [-0.05, 0) is 20.8 Å². The zero-order chi connectivity index (χ0) is 18.1. The monoisotopic (exact) mass is 338 g/mol. The highest BCUT2D eigenvalue weighted by Crippen LogP contribution is 2.23. The Morgan fingerprint density at radius 1 is 0.739 bits per heavy atom. The maximum absolute atomic E-state index is 11.8. The lowest BCUT2D eigenvalue weighted by Crippen LogP contribution is -2.44. The van der Waals surface area contributed by atoms with E-state index in [0.717, 1.165) is 0 Å². The van der Waals surface area contributed by atoms with E-state index in [1.54, 1.807) is 20.8 Å². The SMILES string of the molecule is CC(C)(C)C(=O)OCC(CO)(CO)COCC(CO)(CO)CO. The van der Waals surface area contributed by atoms with Crippen LogP contribution in [0.25, 0.3) is 0 Å². The third-order valence-electron chi connectivity index (χ3n) is 3.62. The topological polar surface area (TPSA) is 137 Å². The highest BCUT2D eigenvalue weighted by molar-refractivity contribution is 5.75. The molecule has 0 saturated carbocycles. The maximum atomic E-state index is 11.8. The smallest absolute Gasteiger partial charge is 0.311 e. The van der Waals surface area contributed by atoms with Crippen molar-refractivity contribution in [1.29, 1.82) is 0 Å². The van der Waals surface area contributed by atoms with E-state index in [4.69, 9.17) is 9.47 Å². The molecular formula is C15H30O8. The number of carbonyl (C=O) groups is 1. The first-order valence-corrected chi connectivity index (χ1v) is 7.43. The Balaban J connectivity index is 4.69. The number of hydrogen-bond donors (Lipinski definition) is 5. The molecular weight excluding hydrogens is 308 g/mol. The molecule has 5 N–H and O–H groups in total. The molecule has 0 saturated heterocycles. The molecule has 0 rings (SSSR count). The Hall–Kier alpha value is -0.770. The fourth-order valence-corrected chi connectivity index (χ4v) is 1.48. The fourth-order valence-electron chi connectivity index (χ4n) is 1.48. The molecule has 0 radical (unpaired) electrons. The first kappa shape index (κ1) is 22.2. The second-order valence-electron chi connectivity index (χ2n) is 7.11. The Bertz CT molecular complexity index is 334. The van der Waals surface area contributed by atoms with Crippen molar-refractivity contribution in [3.63, 3.8) is 0 Å². The van der Waals surface area contributed by atoms with Crippen LogP contribution in [0.2, 0.25) is 0 Å². The third kappa shape index (κ3) is 6.70. The minimum Gasteiger partial charge on any atom is -0.464 e. The van der Waals surface area contributed by atoms with Gasteiger partial charge in [0.05, 0.1) is 62.5 Å². The molecule has 138 valence electrons. The van der Waals surface area contributed by atoms with Crippen LogP contribution in [0.15, 0.2) is 0 Å². The summed E-state index contributed by atoms with van der Waals surface area (Å²) in [6, 6.07) is 0. The van der Waals surface area contributed by atoms with Crippen molar-refractivity contribution >= 4 is 5.97 Å². The molecule has 0 aromatic rings. The van der Waals surface area contributed by atoms with E-state index in [1.165, 1.54) is 0 Å². The highest BCUT2D eigenvalue weighted by atomic mass is 16.5.